The van der Waals surface area contributed by atoms with Gasteiger partial charge in [0.15, 0.2) is 0 Å². The van der Waals surface area contributed by atoms with E-state index in [9.17, 15) is 14.9 Å². The van der Waals surface area contributed by atoms with Gasteiger partial charge in [-0.05, 0) is 17.7 Å². The predicted octanol–water partition coefficient (Wildman–Crippen LogP) is 2.83. The van der Waals surface area contributed by atoms with Crippen molar-refractivity contribution in [1.29, 1.82) is 0 Å². The van der Waals surface area contributed by atoms with Crippen molar-refractivity contribution in [2.75, 3.05) is 31.5 Å². The first-order valence-electron chi connectivity index (χ1n) is 8.28. The largest absolute Gasteiger partial charge is 0.319 e. The van der Waals surface area contributed by atoms with E-state index < -0.39 is 4.92 Å². The van der Waals surface area contributed by atoms with E-state index in [4.69, 9.17) is 11.6 Å². The van der Waals surface area contributed by atoms with E-state index in [0.29, 0.717) is 18.1 Å². The van der Waals surface area contributed by atoms with Crippen molar-refractivity contribution in [1.82, 2.24) is 10.2 Å². The lowest BCUT2D eigenvalue weighted by atomic mass is 10.0. The summed E-state index contributed by atoms with van der Waals surface area (Å²) in [4.78, 5) is 25.1. The van der Waals surface area contributed by atoms with Crippen LogP contribution >= 0.6 is 11.6 Å². The van der Waals surface area contributed by atoms with Gasteiger partial charge in [-0.2, -0.15) is 0 Å². The molecule has 3 rings (SSSR count). The number of nitrogens with one attached hydrogen (secondary N) is 2. The van der Waals surface area contributed by atoms with Crippen molar-refractivity contribution in [3.63, 3.8) is 0 Å². The number of benzene rings is 2. The van der Waals surface area contributed by atoms with Crippen LogP contribution in [0.15, 0.2) is 48.5 Å². The molecule has 0 bridgehead atoms. The lowest BCUT2D eigenvalue weighted by molar-refractivity contribution is -0.383. The second kappa shape index (κ2) is 8.27. The zero-order valence-electron chi connectivity index (χ0n) is 14.0. The second-order valence-electron chi connectivity index (χ2n) is 6.03. The fourth-order valence-electron chi connectivity index (χ4n) is 3.10. The molecule has 26 heavy (non-hydrogen) atoms. The van der Waals surface area contributed by atoms with Crippen LogP contribution in [0.1, 0.15) is 11.6 Å². The van der Waals surface area contributed by atoms with Crippen molar-refractivity contribution in [2.45, 2.75) is 6.04 Å². The molecule has 1 aliphatic heterocycles. The maximum absolute atomic E-state index is 12.5. The number of rotatable bonds is 5. The molecule has 2 aromatic carbocycles. The Bertz CT molecular complexity index is 815. The summed E-state index contributed by atoms with van der Waals surface area (Å²) in [5, 5.41) is 17.7. The number of nitro benzene ring substituents is 1. The Morgan fingerprint density at radius 2 is 2.00 bits per heavy atom. The van der Waals surface area contributed by atoms with Gasteiger partial charge in [-0.15, -0.1) is 0 Å². The molecule has 1 fully saturated rings. The summed E-state index contributed by atoms with van der Waals surface area (Å²) in [5.41, 5.74) is 1.04. The molecule has 1 heterocycles. The van der Waals surface area contributed by atoms with E-state index in [1.807, 2.05) is 29.2 Å². The van der Waals surface area contributed by atoms with Crippen molar-refractivity contribution < 1.29 is 9.72 Å². The molecule has 0 aromatic heterocycles. The van der Waals surface area contributed by atoms with Gasteiger partial charge in [-0.1, -0.05) is 41.9 Å². The molecule has 1 amide bonds. The molecular formula is C18H19ClN4O3. The lowest BCUT2D eigenvalue weighted by Gasteiger charge is -2.36. The summed E-state index contributed by atoms with van der Waals surface area (Å²) in [6.07, 6.45) is 0. The summed E-state index contributed by atoms with van der Waals surface area (Å²) >= 11 is 6.31. The fourth-order valence-corrected chi connectivity index (χ4v) is 3.36. The average Bonchev–Trinajstić information content (AvgIpc) is 2.63. The van der Waals surface area contributed by atoms with Crippen LogP contribution in [0.3, 0.4) is 0 Å². The van der Waals surface area contributed by atoms with Crippen molar-refractivity contribution >= 4 is 28.9 Å². The van der Waals surface area contributed by atoms with E-state index in [0.717, 1.165) is 12.1 Å². The van der Waals surface area contributed by atoms with Gasteiger partial charge in [-0.25, -0.2) is 0 Å². The van der Waals surface area contributed by atoms with Crippen LogP contribution in [0.5, 0.6) is 0 Å². The number of piperazine rings is 1. The highest BCUT2D eigenvalue weighted by atomic mass is 35.5. The number of nitrogens with zero attached hydrogens (tertiary/aromatic N) is 2. The molecule has 1 unspecified atom stereocenters. The number of anilines is 1. The summed E-state index contributed by atoms with van der Waals surface area (Å²) in [6, 6.07) is 13.7. The quantitative estimate of drug-likeness (QED) is 0.620. The van der Waals surface area contributed by atoms with E-state index in [-0.39, 0.29) is 29.9 Å². The number of hydrogen-bond acceptors (Lipinski definition) is 5. The maximum atomic E-state index is 12.5. The van der Waals surface area contributed by atoms with E-state index in [1.54, 1.807) is 12.1 Å². The van der Waals surface area contributed by atoms with Crippen molar-refractivity contribution in [3.8, 4) is 0 Å². The molecular weight excluding hydrogens is 356 g/mol. The molecule has 0 spiro atoms. The number of carbonyl (C=O) groups is 1. The van der Waals surface area contributed by atoms with Gasteiger partial charge in [0.2, 0.25) is 5.91 Å². The van der Waals surface area contributed by atoms with Crippen LogP contribution in [0, 0.1) is 10.1 Å². The summed E-state index contributed by atoms with van der Waals surface area (Å²) < 4.78 is 0. The number of nitro groups is 1. The van der Waals surface area contributed by atoms with Crippen LogP contribution in [0.4, 0.5) is 11.4 Å². The van der Waals surface area contributed by atoms with E-state index in [1.165, 1.54) is 12.1 Å². The van der Waals surface area contributed by atoms with Crippen molar-refractivity contribution in [3.05, 3.63) is 69.2 Å². The number of amides is 1. The van der Waals surface area contributed by atoms with Crippen LogP contribution in [0.2, 0.25) is 5.02 Å². The third kappa shape index (κ3) is 4.19. The van der Waals surface area contributed by atoms with Gasteiger partial charge in [-0.3, -0.25) is 19.8 Å². The predicted molar refractivity (Wildman–Crippen MR) is 100 cm³/mol. The Balaban J connectivity index is 1.73. The number of carbonyl (C=O) groups excluding carboxylic acids is 1. The maximum Gasteiger partial charge on any atom is 0.292 e. The highest BCUT2D eigenvalue weighted by Gasteiger charge is 2.27. The third-order valence-corrected chi connectivity index (χ3v) is 4.68. The van der Waals surface area contributed by atoms with Gasteiger partial charge < -0.3 is 10.6 Å². The molecule has 2 aromatic rings. The number of hydrogen-bond donors (Lipinski definition) is 2. The minimum absolute atomic E-state index is 0.0334. The molecule has 1 aliphatic rings. The summed E-state index contributed by atoms with van der Waals surface area (Å²) in [6.45, 7) is 2.26. The molecule has 0 aliphatic carbocycles. The van der Waals surface area contributed by atoms with Crippen LogP contribution in [-0.2, 0) is 4.79 Å². The van der Waals surface area contributed by atoms with Gasteiger partial charge in [0.25, 0.3) is 5.69 Å². The summed E-state index contributed by atoms with van der Waals surface area (Å²) in [7, 11) is 0. The first kappa shape index (κ1) is 18.3. The third-order valence-electron chi connectivity index (χ3n) is 4.34. The van der Waals surface area contributed by atoms with Gasteiger partial charge in [0.05, 0.1) is 11.5 Å². The Hall–Kier alpha value is -2.48. The highest BCUT2D eigenvalue weighted by molar-refractivity contribution is 6.31. The van der Waals surface area contributed by atoms with Crippen LogP contribution in [-0.4, -0.2) is 41.9 Å². The fraction of sp³-hybridized carbons (Fsp3) is 0.278. The number of para-hydroxylation sites is 2. The average molecular weight is 375 g/mol. The normalized spacial score (nSPS) is 17.7. The topological polar surface area (TPSA) is 87.5 Å². The summed E-state index contributed by atoms with van der Waals surface area (Å²) in [5.74, 6) is -0.293. The Morgan fingerprint density at radius 1 is 1.27 bits per heavy atom. The van der Waals surface area contributed by atoms with Gasteiger partial charge >= 0.3 is 0 Å². The first-order valence-corrected chi connectivity index (χ1v) is 8.66. The molecule has 136 valence electrons. The Morgan fingerprint density at radius 3 is 2.77 bits per heavy atom. The van der Waals surface area contributed by atoms with E-state index >= 15 is 0 Å². The van der Waals surface area contributed by atoms with Crippen LogP contribution in [0.25, 0.3) is 0 Å². The Kier molecular flexibility index (Phi) is 5.82. The minimum atomic E-state index is -0.507. The molecule has 8 heteroatoms. The molecule has 0 radical (unpaired) electrons. The zero-order chi connectivity index (χ0) is 18.5. The zero-order valence-corrected chi connectivity index (χ0v) is 14.8. The van der Waals surface area contributed by atoms with Crippen molar-refractivity contribution in [2.24, 2.45) is 0 Å². The van der Waals surface area contributed by atoms with Gasteiger partial charge in [0, 0.05) is 36.8 Å². The smallest absolute Gasteiger partial charge is 0.292 e. The molecule has 2 N–H and O–H groups in total. The minimum Gasteiger partial charge on any atom is -0.319 e. The van der Waals surface area contributed by atoms with Crippen LogP contribution < -0.4 is 10.6 Å². The van der Waals surface area contributed by atoms with Gasteiger partial charge in [0.1, 0.15) is 5.69 Å². The Labute approximate surface area is 156 Å². The molecule has 1 saturated heterocycles. The SMILES string of the molecule is O=C(CN1CCNCC1c1ccccc1Cl)Nc1ccccc1[N+](=O)[O-]. The standard InChI is InChI=1S/C18H19ClN4O3/c19-14-6-2-1-5-13(14)17-11-20-9-10-22(17)12-18(24)21-15-7-3-4-8-16(15)23(25)26/h1-8,17,20H,9-12H2,(H,21,24). The second-order valence-corrected chi connectivity index (χ2v) is 6.44. The molecule has 1 atom stereocenters. The molecule has 7 nitrogen and oxygen atoms in total. The highest BCUT2D eigenvalue weighted by Crippen LogP contribution is 2.28. The molecule has 0 saturated carbocycles. The van der Waals surface area contributed by atoms with E-state index in [2.05, 4.69) is 10.6 Å². The monoisotopic (exact) mass is 374 g/mol. The lowest BCUT2D eigenvalue weighted by Crippen LogP contribution is -2.48. The number of halogens is 1. The first-order chi connectivity index (χ1) is 12.6.